The van der Waals surface area contributed by atoms with Crippen molar-refractivity contribution < 1.29 is 9.18 Å². The Bertz CT molecular complexity index is 870. The smallest absolute Gasteiger partial charge is 0.251 e. The number of halogens is 1. The molecule has 0 saturated heterocycles. The van der Waals surface area contributed by atoms with E-state index in [-0.39, 0.29) is 17.8 Å². The van der Waals surface area contributed by atoms with Crippen LogP contribution in [0, 0.1) is 5.82 Å². The van der Waals surface area contributed by atoms with E-state index >= 15 is 0 Å². The molecule has 25 heavy (non-hydrogen) atoms. The van der Waals surface area contributed by atoms with E-state index in [0.29, 0.717) is 5.56 Å². The quantitative estimate of drug-likeness (QED) is 0.725. The van der Waals surface area contributed by atoms with Crippen molar-refractivity contribution in [3.63, 3.8) is 0 Å². The van der Waals surface area contributed by atoms with Gasteiger partial charge in [-0.15, -0.1) is 0 Å². The van der Waals surface area contributed by atoms with Crippen molar-refractivity contribution in [3.8, 4) is 0 Å². The highest BCUT2D eigenvalue weighted by atomic mass is 19.1. The second-order valence-corrected chi connectivity index (χ2v) is 6.19. The number of hydrogen-bond donors (Lipinski definition) is 1. The fraction of sp³-hybridized carbons (Fsp3) is 0.300. The third-order valence-electron chi connectivity index (χ3n) is 4.39. The molecule has 0 spiro atoms. The Morgan fingerprint density at radius 1 is 1.20 bits per heavy atom. The zero-order chi connectivity index (χ0) is 17.8. The first-order valence-corrected chi connectivity index (χ1v) is 8.58. The van der Waals surface area contributed by atoms with Crippen LogP contribution in [-0.4, -0.2) is 15.5 Å². The second kappa shape index (κ2) is 7.47. The van der Waals surface area contributed by atoms with E-state index < -0.39 is 0 Å². The van der Waals surface area contributed by atoms with Gasteiger partial charge in [-0.1, -0.05) is 31.9 Å². The number of benzene rings is 2. The van der Waals surface area contributed by atoms with Crippen LogP contribution in [-0.2, 0) is 7.05 Å². The highest BCUT2D eigenvalue weighted by Crippen LogP contribution is 2.23. The van der Waals surface area contributed by atoms with Gasteiger partial charge in [0.1, 0.15) is 11.6 Å². The molecule has 0 aliphatic heterocycles. The number of imidazole rings is 1. The number of fused-ring (bicyclic) bond motifs is 1. The van der Waals surface area contributed by atoms with Crippen LogP contribution in [0.25, 0.3) is 11.0 Å². The Hall–Kier alpha value is -2.69. The summed E-state index contributed by atoms with van der Waals surface area (Å²) in [6, 6.07) is 13.3. The van der Waals surface area contributed by atoms with Gasteiger partial charge in [0.05, 0.1) is 17.1 Å². The molecule has 0 aliphatic rings. The lowest BCUT2D eigenvalue weighted by atomic mass is 10.1. The Labute approximate surface area is 146 Å². The molecule has 1 amide bonds. The molecule has 0 aliphatic carbocycles. The standard InChI is InChI=1S/C20H22FN3O/c1-3-4-7-17(23-20(25)14-10-12-15(21)13-11-14)19-22-16-8-5-6-9-18(16)24(19)2/h5-6,8-13,17H,3-4,7H2,1-2H3,(H,23,25)/t17-/m0/s1. The minimum atomic E-state index is -0.352. The maximum absolute atomic E-state index is 13.1. The molecule has 2 aromatic carbocycles. The third-order valence-corrected chi connectivity index (χ3v) is 4.39. The molecular formula is C20H22FN3O. The van der Waals surface area contributed by atoms with E-state index in [1.54, 1.807) is 0 Å². The van der Waals surface area contributed by atoms with Crippen LogP contribution in [0.5, 0.6) is 0 Å². The van der Waals surface area contributed by atoms with Crippen molar-refractivity contribution in [3.05, 3.63) is 65.7 Å². The summed E-state index contributed by atoms with van der Waals surface area (Å²) in [6.45, 7) is 2.12. The first-order chi connectivity index (χ1) is 12.1. The SMILES string of the molecule is CCCC[C@H](NC(=O)c1ccc(F)cc1)c1nc2ccccc2n1C. The molecule has 130 valence electrons. The maximum atomic E-state index is 13.1. The number of para-hydroxylation sites is 2. The Kier molecular flexibility index (Phi) is 5.12. The third kappa shape index (κ3) is 3.71. The van der Waals surface area contributed by atoms with E-state index in [0.717, 1.165) is 36.1 Å². The fourth-order valence-corrected chi connectivity index (χ4v) is 2.99. The lowest BCUT2D eigenvalue weighted by molar-refractivity contribution is 0.0931. The first kappa shape index (κ1) is 17.1. The Morgan fingerprint density at radius 3 is 2.60 bits per heavy atom. The average molecular weight is 339 g/mol. The number of nitrogens with one attached hydrogen (secondary N) is 1. The number of amides is 1. The van der Waals surface area contributed by atoms with Crippen LogP contribution in [0.3, 0.4) is 0 Å². The van der Waals surface area contributed by atoms with Crippen molar-refractivity contribution in [2.75, 3.05) is 0 Å². The number of nitrogens with zero attached hydrogens (tertiary/aromatic N) is 2. The normalized spacial score (nSPS) is 12.3. The van der Waals surface area contributed by atoms with Gasteiger partial charge < -0.3 is 9.88 Å². The van der Waals surface area contributed by atoms with E-state index in [2.05, 4.69) is 12.2 Å². The molecule has 0 radical (unpaired) electrons. The summed E-state index contributed by atoms with van der Waals surface area (Å²) in [7, 11) is 1.97. The van der Waals surface area contributed by atoms with Crippen LogP contribution in [0.2, 0.25) is 0 Å². The zero-order valence-corrected chi connectivity index (χ0v) is 14.5. The van der Waals surface area contributed by atoms with Crippen LogP contribution in [0.15, 0.2) is 48.5 Å². The van der Waals surface area contributed by atoms with E-state index in [1.165, 1.54) is 24.3 Å². The van der Waals surface area contributed by atoms with Gasteiger partial charge in [0.25, 0.3) is 5.91 Å². The van der Waals surface area contributed by atoms with Crippen molar-refractivity contribution >= 4 is 16.9 Å². The number of aromatic nitrogens is 2. The van der Waals surface area contributed by atoms with Crippen LogP contribution in [0.1, 0.15) is 48.4 Å². The molecule has 0 fully saturated rings. The molecule has 1 N–H and O–H groups in total. The number of aryl methyl sites for hydroxylation is 1. The van der Waals surface area contributed by atoms with E-state index in [9.17, 15) is 9.18 Å². The molecule has 0 unspecified atom stereocenters. The molecule has 3 aromatic rings. The summed E-state index contributed by atoms with van der Waals surface area (Å²) in [5, 5.41) is 3.06. The molecule has 0 saturated carbocycles. The Balaban J connectivity index is 1.89. The van der Waals surface area contributed by atoms with Crippen molar-refractivity contribution in [2.45, 2.75) is 32.2 Å². The monoisotopic (exact) mass is 339 g/mol. The lowest BCUT2D eigenvalue weighted by Gasteiger charge is -2.18. The summed E-state index contributed by atoms with van der Waals surface area (Å²) in [4.78, 5) is 17.3. The summed E-state index contributed by atoms with van der Waals surface area (Å²) in [5.74, 6) is 0.271. The van der Waals surface area contributed by atoms with Gasteiger partial charge >= 0.3 is 0 Å². The number of carbonyl (C=O) groups is 1. The van der Waals surface area contributed by atoms with Gasteiger partial charge in [-0.2, -0.15) is 0 Å². The summed E-state index contributed by atoms with van der Waals surface area (Å²) < 4.78 is 15.1. The van der Waals surface area contributed by atoms with Gasteiger partial charge in [0.2, 0.25) is 0 Å². The van der Waals surface area contributed by atoms with Crippen molar-refractivity contribution in [1.82, 2.24) is 14.9 Å². The molecule has 1 aromatic heterocycles. The largest absolute Gasteiger partial charge is 0.342 e. The molecule has 5 heteroatoms. The van der Waals surface area contributed by atoms with E-state index in [4.69, 9.17) is 4.98 Å². The minimum Gasteiger partial charge on any atom is -0.342 e. The summed E-state index contributed by atoms with van der Waals surface area (Å²) >= 11 is 0. The molecule has 4 nitrogen and oxygen atoms in total. The average Bonchev–Trinajstić information content (AvgIpc) is 2.96. The summed E-state index contributed by atoms with van der Waals surface area (Å²) in [6.07, 6.45) is 2.82. The van der Waals surface area contributed by atoms with Crippen molar-refractivity contribution in [1.29, 1.82) is 0 Å². The number of unbranched alkanes of at least 4 members (excludes halogenated alkanes) is 1. The lowest BCUT2D eigenvalue weighted by Crippen LogP contribution is -2.30. The minimum absolute atomic E-state index is 0.185. The highest BCUT2D eigenvalue weighted by Gasteiger charge is 2.21. The van der Waals surface area contributed by atoms with Gasteiger partial charge in [-0.05, 0) is 42.8 Å². The summed E-state index contributed by atoms with van der Waals surface area (Å²) in [5.41, 5.74) is 2.40. The predicted molar refractivity (Wildman–Crippen MR) is 96.8 cm³/mol. The van der Waals surface area contributed by atoms with Crippen LogP contribution in [0.4, 0.5) is 4.39 Å². The number of hydrogen-bond acceptors (Lipinski definition) is 2. The highest BCUT2D eigenvalue weighted by molar-refractivity contribution is 5.94. The molecule has 1 heterocycles. The van der Waals surface area contributed by atoms with Gasteiger partial charge in [-0.25, -0.2) is 9.37 Å². The van der Waals surface area contributed by atoms with Gasteiger partial charge in [-0.3, -0.25) is 4.79 Å². The van der Waals surface area contributed by atoms with Gasteiger partial charge in [0, 0.05) is 12.6 Å². The second-order valence-electron chi connectivity index (χ2n) is 6.19. The zero-order valence-electron chi connectivity index (χ0n) is 14.5. The predicted octanol–water partition coefficient (Wildman–Crippen LogP) is 4.37. The Morgan fingerprint density at radius 2 is 1.92 bits per heavy atom. The fourth-order valence-electron chi connectivity index (χ4n) is 2.99. The molecule has 3 rings (SSSR count). The molecule has 1 atom stereocenters. The van der Waals surface area contributed by atoms with Crippen LogP contribution < -0.4 is 5.32 Å². The maximum Gasteiger partial charge on any atom is 0.251 e. The van der Waals surface area contributed by atoms with Gasteiger partial charge in [0.15, 0.2) is 0 Å². The molecular weight excluding hydrogens is 317 g/mol. The van der Waals surface area contributed by atoms with E-state index in [1.807, 2.05) is 35.9 Å². The first-order valence-electron chi connectivity index (χ1n) is 8.58. The van der Waals surface area contributed by atoms with Crippen LogP contribution >= 0.6 is 0 Å². The van der Waals surface area contributed by atoms with Crippen molar-refractivity contribution in [2.24, 2.45) is 7.05 Å². The topological polar surface area (TPSA) is 46.9 Å². The molecule has 0 bridgehead atoms. The number of rotatable bonds is 6. The number of carbonyl (C=O) groups excluding carboxylic acids is 1.